The Hall–Kier alpha value is -0.900. The Bertz CT molecular complexity index is 676. The van der Waals surface area contributed by atoms with Crippen LogP contribution in [0.15, 0.2) is 35.5 Å². The van der Waals surface area contributed by atoms with Crippen molar-refractivity contribution in [2.45, 2.75) is 104 Å². The molecule has 0 bridgehead atoms. The predicted octanol–water partition coefficient (Wildman–Crippen LogP) is 5.56. The van der Waals surface area contributed by atoms with Crippen LogP contribution in [0.4, 0.5) is 0 Å². The van der Waals surface area contributed by atoms with Crippen molar-refractivity contribution in [2.24, 2.45) is 29.1 Å². The van der Waals surface area contributed by atoms with E-state index < -0.39 is 12.2 Å². The standard InChI is InChI=1S/C27H44O3/c1-17(2)25(29)13-8-18(3)23-11-12-24-20(7-6-14-27(23,24)5)9-10-21-15-22(28)16-26(30)19(21)4/h9-10,17-18,22-26,28-30H,4,6-8,11-16H2,1-3,5H3/b20-9-,21-10+/t18-,22-,23-,24+,25-,26+,27-/m1/s1. The lowest BCUT2D eigenvalue weighted by Crippen LogP contribution is -2.36. The normalized spacial score (nSPS) is 39.5. The molecule has 0 aromatic carbocycles. The Morgan fingerprint density at radius 3 is 2.57 bits per heavy atom. The Balaban J connectivity index is 1.72. The van der Waals surface area contributed by atoms with Gasteiger partial charge in [0.15, 0.2) is 0 Å². The second-order valence-corrected chi connectivity index (χ2v) is 11.0. The highest BCUT2D eigenvalue weighted by Gasteiger charge is 2.50. The molecule has 3 nitrogen and oxygen atoms in total. The fourth-order valence-electron chi connectivity index (χ4n) is 6.65. The third-order valence-electron chi connectivity index (χ3n) is 8.68. The van der Waals surface area contributed by atoms with Gasteiger partial charge in [-0.25, -0.2) is 0 Å². The molecule has 0 heterocycles. The van der Waals surface area contributed by atoms with Gasteiger partial charge in [-0.1, -0.05) is 52.0 Å². The highest BCUT2D eigenvalue weighted by Crippen LogP contribution is 2.60. The van der Waals surface area contributed by atoms with Crippen molar-refractivity contribution in [3.8, 4) is 0 Å². The number of hydrogen-bond acceptors (Lipinski definition) is 3. The first-order valence-corrected chi connectivity index (χ1v) is 12.3. The van der Waals surface area contributed by atoms with Gasteiger partial charge in [-0.2, -0.15) is 0 Å². The molecule has 3 saturated carbocycles. The highest BCUT2D eigenvalue weighted by molar-refractivity contribution is 5.38. The molecular formula is C27H44O3. The lowest BCUT2D eigenvalue weighted by molar-refractivity contribution is 0.0717. The summed E-state index contributed by atoms with van der Waals surface area (Å²) >= 11 is 0. The first-order valence-electron chi connectivity index (χ1n) is 12.3. The van der Waals surface area contributed by atoms with E-state index in [-0.39, 0.29) is 6.10 Å². The summed E-state index contributed by atoms with van der Waals surface area (Å²) in [7, 11) is 0. The van der Waals surface area contributed by atoms with E-state index in [1.807, 2.05) is 0 Å². The molecule has 0 aromatic heterocycles. The zero-order valence-corrected chi connectivity index (χ0v) is 19.6. The van der Waals surface area contributed by atoms with Crippen LogP contribution in [0.2, 0.25) is 0 Å². The number of fused-ring (bicyclic) bond motifs is 1. The monoisotopic (exact) mass is 416 g/mol. The van der Waals surface area contributed by atoms with Crippen LogP contribution >= 0.6 is 0 Å². The summed E-state index contributed by atoms with van der Waals surface area (Å²) in [4.78, 5) is 0. The molecule has 0 unspecified atom stereocenters. The van der Waals surface area contributed by atoms with E-state index in [1.165, 1.54) is 25.7 Å². The zero-order chi connectivity index (χ0) is 22.1. The second kappa shape index (κ2) is 9.71. The zero-order valence-electron chi connectivity index (χ0n) is 19.6. The smallest absolute Gasteiger partial charge is 0.0811 e. The number of aliphatic hydroxyl groups is 3. The lowest BCUT2D eigenvalue weighted by atomic mass is 9.60. The molecule has 0 radical (unpaired) electrons. The summed E-state index contributed by atoms with van der Waals surface area (Å²) in [6, 6.07) is 0. The maximum Gasteiger partial charge on any atom is 0.0811 e. The molecule has 3 fully saturated rings. The van der Waals surface area contributed by atoms with Crippen molar-refractivity contribution in [3.05, 3.63) is 35.5 Å². The average molecular weight is 417 g/mol. The van der Waals surface area contributed by atoms with Crippen molar-refractivity contribution in [1.82, 2.24) is 0 Å². The Kier molecular flexibility index (Phi) is 7.69. The summed E-state index contributed by atoms with van der Waals surface area (Å²) in [6.07, 6.45) is 12.4. The molecule has 0 saturated heterocycles. The van der Waals surface area contributed by atoms with Gasteiger partial charge in [0.2, 0.25) is 0 Å². The van der Waals surface area contributed by atoms with Crippen molar-refractivity contribution < 1.29 is 15.3 Å². The van der Waals surface area contributed by atoms with E-state index in [9.17, 15) is 15.3 Å². The molecule has 30 heavy (non-hydrogen) atoms. The minimum atomic E-state index is -0.618. The third kappa shape index (κ3) is 4.95. The third-order valence-corrected chi connectivity index (χ3v) is 8.68. The molecule has 3 heteroatoms. The maximum absolute atomic E-state index is 10.3. The van der Waals surface area contributed by atoms with Crippen LogP contribution in [-0.2, 0) is 0 Å². The van der Waals surface area contributed by atoms with E-state index in [4.69, 9.17) is 0 Å². The predicted molar refractivity (Wildman–Crippen MR) is 124 cm³/mol. The topological polar surface area (TPSA) is 60.7 Å². The van der Waals surface area contributed by atoms with E-state index in [2.05, 4.69) is 46.4 Å². The van der Waals surface area contributed by atoms with Crippen LogP contribution < -0.4 is 0 Å². The second-order valence-electron chi connectivity index (χ2n) is 11.0. The van der Waals surface area contributed by atoms with Crippen LogP contribution in [0.3, 0.4) is 0 Å². The van der Waals surface area contributed by atoms with E-state index >= 15 is 0 Å². The molecule has 7 atom stereocenters. The first kappa shape index (κ1) is 23.8. The number of aliphatic hydroxyl groups excluding tert-OH is 3. The molecule has 0 aromatic rings. The van der Waals surface area contributed by atoms with Gasteiger partial charge in [0.05, 0.1) is 18.3 Å². The quantitative estimate of drug-likeness (QED) is 0.531. The molecule has 0 spiro atoms. The van der Waals surface area contributed by atoms with Crippen molar-refractivity contribution in [3.63, 3.8) is 0 Å². The van der Waals surface area contributed by atoms with Crippen molar-refractivity contribution in [2.75, 3.05) is 0 Å². The molecule has 3 rings (SSSR count). The molecule has 3 aliphatic carbocycles. The minimum absolute atomic E-state index is 0.180. The Morgan fingerprint density at radius 2 is 1.87 bits per heavy atom. The number of allylic oxidation sites excluding steroid dienone is 3. The van der Waals surface area contributed by atoms with E-state index in [1.54, 1.807) is 5.57 Å². The van der Waals surface area contributed by atoms with Crippen LogP contribution in [0.5, 0.6) is 0 Å². The Labute approximate surface area is 184 Å². The maximum atomic E-state index is 10.3. The van der Waals surface area contributed by atoms with Gasteiger partial charge in [0, 0.05) is 6.42 Å². The van der Waals surface area contributed by atoms with Gasteiger partial charge in [-0.05, 0) is 91.6 Å². The van der Waals surface area contributed by atoms with Gasteiger partial charge >= 0.3 is 0 Å². The van der Waals surface area contributed by atoms with Crippen molar-refractivity contribution in [1.29, 1.82) is 0 Å². The lowest BCUT2D eigenvalue weighted by Gasteiger charge is -2.44. The van der Waals surface area contributed by atoms with Crippen molar-refractivity contribution >= 4 is 0 Å². The number of hydrogen-bond donors (Lipinski definition) is 3. The summed E-state index contributed by atoms with van der Waals surface area (Å²) in [5.41, 5.74) is 3.69. The Morgan fingerprint density at radius 1 is 1.13 bits per heavy atom. The minimum Gasteiger partial charge on any atom is -0.393 e. The molecular weight excluding hydrogens is 372 g/mol. The van der Waals surface area contributed by atoms with Gasteiger partial charge in [-0.3, -0.25) is 0 Å². The number of rotatable bonds is 6. The highest BCUT2D eigenvalue weighted by atomic mass is 16.3. The molecule has 3 N–H and O–H groups in total. The summed E-state index contributed by atoms with van der Waals surface area (Å²) in [5, 5.41) is 30.4. The van der Waals surface area contributed by atoms with Crippen LogP contribution in [0.1, 0.15) is 85.5 Å². The van der Waals surface area contributed by atoms with Crippen LogP contribution in [-0.4, -0.2) is 33.6 Å². The van der Waals surface area contributed by atoms with Gasteiger partial charge in [0.25, 0.3) is 0 Å². The summed E-state index contributed by atoms with van der Waals surface area (Å²) in [6.45, 7) is 13.2. The van der Waals surface area contributed by atoms with Gasteiger partial charge < -0.3 is 15.3 Å². The fraction of sp³-hybridized carbons (Fsp3) is 0.778. The van der Waals surface area contributed by atoms with E-state index in [0.29, 0.717) is 36.0 Å². The van der Waals surface area contributed by atoms with Crippen LogP contribution in [0.25, 0.3) is 0 Å². The average Bonchev–Trinajstić information content (AvgIpc) is 3.04. The molecule has 3 aliphatic rings. The van der Waals surface area contributed by atoms with E-state index in [0.717, 1.165) is 36.3 Å². The fourth-order valence-corrected chi connectivity index (χ4v) is 6.65. The van der Waals surface area contributed by atoms with Gasteiger partial charge in [-0.15, -0.1) is 0 Å². The summed E-state index contributed by atoms with van der Waals surface area (Å²) in [5.74, 6) is 2.35. The molecule has 0 aliphatic heterocycles. The molecule has 0 amide bonds. The van der Waals surface area contributed by atoms with Crippen LogP contribution in [0, 0.1) is 29.1 Å². The largest absolute Gasteiger partial charge is 0.393 e. The first-order chi connectivity index (χ1) is 14.1. The molecule has 170 valence electrons. The summed E-state index contributed by atoms with van der Waals surface area (Å²) < 4.78 is 0. The SMILES string of the molecule is C=C1/C(=C/C=C2/CCC[C@]3(C)[C@@H]([C@H](C)CC[C@@H](O)C(C)C)CC[C@@H]23)C[C@@H](O)C[C@@H]1O. The van der Waals surface area contributed by atoms with Gasteiger partial charge in [0.1, 0.15) is 0 Å².